The quantitative estimate of drug-likeness (QED) is 0.747. The number of benzene rings is 1. The van der Waals surface area contributed by atoms with Gasteiger partial charge >= 0.3 is 0 Å². The minimum absolute atomic E-state index is 0.0205. The number of carbonyl (C=O) groups excluding carboxylic acids is 3. The molecule has 4 rings (SSSR count). The number of nitrogens with zero attached hydrogens (tertiary/aromatic N) is 1. The molecule has 1 aromatic carbocycles. The topological polar surface area (TPSA) is 102 Å². The Bertz CT molecular complexity index is 770. The van der Waals surface area contributed by atoms with E-state index in [9.17, 15) is 14.4 Å². The standard InChI is InChI=1S/C19H23N3O4/c20-17(24)15(2-1-9-23)22-10-13-12(18(22)25)3-4-14-16(13)26-11-19(14)5-7-21-8-6-19/h3-4,9,15,21H,1-2,5-8,10-11H2,(H2,20,24). The Balaban J connectivity index is 1.67. The van der Waals surface area contributed by atoms with Crippen molar-refractivity contribution in [3.8, 4) is 5.75 Å². The molecule has 1 fully saturated rings. The van der Waals surface area contributed by atoms with E-state index in [2.05, 4.69) is 5.32 Å². The first-order valence-corrected chi connectivity index (χ1v) is 9.11. The van der Waals surface area contributed by atoms with Gasteiger partial charge in [-0.2, -0.15) is 0 Å². The van der Waals surface area contributed by atoms with Crippen LogP contribution in [0.2, 0.25) is 0 Å². The zero-order chi connectivity index (χ0) is 18.3. The molecular formula is C19H23N3O4. The van der Waals surface area contributed by atoms with Crippen molar-refractivity contribution in [1.82, 2.24) is 10.2 Å². The minimum Gasteiger partial charge on any atom is -0.492 e. The van der Waals surface area contributed by atoms with Crippen molar-refractivity contribution in [2.45, 2.75) is 43.7 Å². The molecule has 2 amide bonds. The lowest BCUT2D eigenvalue weighted by Crippen LogP contribution is -2.44. The Morgan fingerprint density at radius 2 is 2.15 bits per heavy atom. The summed E-state index contributed by atoms with van der Waals surface area (Å²) in [7, 11) is 0. The summed E-state index contributed by atoms with van der Waals surface area (Å²) in [5.41, 5.74) is 8.11. The summed E-state index contributed by atoms with van der Waals surface area (Å²) in [4.78, 5) is 36.8. The normalized spacial score (nSPS) is 21.2. The lowest BCUT2D eigenvalue weighted by atomic mass is 9.74. The third kappa shape index (κ3) is 2.49. The maximum absolute atomic E-state index is 12.8. The van der Waals surface area contributed by atoms with Crippen molar-refractivity contribution in [2.24, 2.45) is 5.73 Å². The van der Waals surface area contributed by atoms with Gasteiger partial charge in [0.15, 0.2) is 0 Å². The van der Waals surface area contributed by atoms with Crippen molar-refractivity contribution >= 4 is 18.1 Å². The number of fused-ring (bicyclic) bond motifs is 4. The molecule has 26 heavy (non-hydrogen) atoms. The Morgan fingerprint density at radius 3 is 2.85 bits per heavy atom. The highest BCUT2D eigenvalue weighted by Gasteiger charge is 2.45. The van der Waals surface area contributed by atoms with Crippen LogP contribution in [0.25, 0.3) is 0 Å². The maximum atomic E-state index is 12.8. The van der Waals surface area contributed by atoms with E-state index in [0.29, 0.717) is 18.7 Å². The third-order valence-corrected chi connectivity index (χ3v) is 5.97. The van der Waals surface area contributed by atoms with Crippen LogP contribution in [0.4, 0.5) is 0 Å². The smallest absolute Gasteiger partial charge is 0.255 e. The van der Waals surface area contributed by atoms with E-state index >= 15 is 0 Å². The van der Waals surface area contributed by atoms with E-state index in [1.165, 1.54) is 10.5 Å². The first-order valence-electron chi connectivity index (χ1n) is 9.11. The minimum atomic E-state index is -0.773. The Hall–Kier alpha value is -2.41. The van der Waals surface area contributed by atoms with E-state index in [0.717, 1.165) is 43.5 Å². The fourth-order valence-electron chi connectivity index (χ4n) is 4.50. The number of primary amides is 1. The van der Waals surface area contributed by atoms with Crippen LogP contribution in [0.15, 0.2) is 12.1 Å². The highest BCUT2D eigenvalue weighted by atomic mass is 16.5. The first-order chi connectivity index (χ1) is 12.6. The predicted octanol–water partition coefficient (Wildman–Crippen LogP) is 0.489. The molecule has 1 saturated heterocycles. The predicted molar refractivity (Wildman–Crippen MR) is 93.9 cm³/mol. The summed E-state index contributed by atoms with van der Waals surface area (Å²) < 4.78 is 6.07. The lowest BCUT2D eigenvalue weighted by Gasteiger charge is -2.32. The van der Waals surface area contributed by atoms with Crippen molar-refractivity contribution in [3.05, 3.63) is 28.8 Å². The van der Waals surface area contributed by atoms with Gasteiger partial charge in [0, 0.05) is 28.5 Å². The second-order valence-corrected chi connectivity index (χ2v) is 7.38. The summed E-state index contributed by atoms with van der Waals surface area (Å²) in [6, 6.07) is 3.09. The number of rotatable bonds is 5. The van der Waals surface area contributed by atoms with Gasteiger partial charge in [0.05, 0.1) is 13.2 Å². The van der Waals surface area contributed by atoms with E-state index in [1.807, 2.05) is 12.1 Å². The van der Waals surface area contributed by atoms with Gasteiger partial charge in [0.25, 0.3) is 5.91 Å². The summed E-state index contributed by atoms with van der Waals surface area (Å²) >= 11 is 0. The third-order valence-electron chi connectivity index (χ3n) is 5.97. The molecule has 3 aliphatic heterocycles. The number of ether oxygens (including phenoxy) is 1. The van der Waals surface area contributed by atoms with Crippen LogP contribution in [-0.2, 0) is 21.5 Å². The van der Waals surface area contributed by atoms with Crippen LogP contribution in [0.5, 0.6) is 5.75 Å². The first kappa shape index (κ1) is 17.0. The number of hydrogen-bond donors (Lipinski definition) is 2. The van der Waals surface area contributed by atoms with Gasteiger partial charge in [-0.25, -0.2) is 0 Å². The second kappa shape index (κ2) is 6.39. The Labute approximate surface area is 151 Å². The molecule has 7 heteroatoms. The van der Waals surface area contributed by atoms with Crippen molar-refractivity contribution in [1.29, 1.82) is 0 Å². The lowest BCUT2D eigenvalue weighted by molar-refractivity contribution is -0.122. The molecule has 1 atom stereocenters. The maximum Gasteiger partial charge on any atom is 0.255 e. The number of piperidine rings is 1. The molecule has 3 heterocycles. The van der Waals surface area contributed by atoms with Crippen LogP contribution < -0.4 is 15.8 Å². The molecule has 1 spiro atoms. The van der Waals surface area contributed by atoms with Gasteiger partial charge < -0.3 is 25.5 Å². The fourth-order valence-corrected chi connectivity index (χ4v) is 4.50. The molecule has 0 radical (unpaired) electrons. The SMILES string of the molecule is NC(=O)C(CCC=O)N1Cc2c(ccc3c2OCC32CCNCC2)C1=O. The number of hydrogen-bond acceptors (Lipinski definition) is 5. The summed E-state index contributed by atoms with van der Waals surface area (Å²) in [5, 5.41) is 3.38. The van der Waals surface area contributed by atoms with Crippen LogP contribution >= 0.6 is 0 Å². The summed E-state index contributed by atoms with van der Waals surface area (Å²) in [6.45, 7) is 2.86. The second-order valence-electron chi connectivity index (χ2n) is 7.38. The Morgan fingerprint density at radius 1 is 1.38 bits per heavy atom. The highest BCUT2D eigenvalue weighted by Crippen LogP contribution is 2.48. The van der Waals surface area contributed by atoms with E-state index in [4.69, 9.17) is 10.5 Å². The average Bonchev–Trinajstić information content (AvgIpc) is 3.15. The number of amides is 2. The van der Waals surface area contributed by atoms with Crippen LogP contribution in [0.1, 0.15) is 47.2 Å². The van der Waals surface area contributed by atoms with Gasteiger partial charge in [-0.05, 0) is 38.4 Å². The fraction of sp³-hybridized carbons (Fsp3) is 0.526. The Kier molecular flexibility index (Phi) is 4.19. The van der Waals surface area contributed by atoms with E-state index in [1.54, 1.807) is 0 Å². The highest BCUT2D eigenvalue weighted by molar-refractivity contribution is 6.02. The molecule has 0 aliphatic carbocycles. The summed E-state index contributed by atoms with van der Waals surface area (Å²) in [6.07, 6.45) is 3.21. The molecule has 1 unspecified atom stereocenters. The average molecular weight is 357 g/mol. The zero-order valence-corrected chi connectivity index (χ0v) is 14.6. The molecule has 7 nitrogen and oxygen atoms in total. The largest absolute Gasteiger partial charge is 0.492 e. The molecule has 3 N–H and O–H groups in total. The molecule has 3 aliphatic rings. The van der Waals surface area contributed by atoms with Gasteiger partial charge in [0.1, 0.15) is 18.1 Å². The summed E-state index contributed by atoms with van der Waals surface area (Å²) in [5.74, 6) is 0.00612. The molecule has 0 aromatic heterocycles. The van der Waals surface area contributed by atoms with Crippen LogP contribution in [0, 0.1) is 0 Å². The number of nitrogens with two attached hydrogens (primary N) is 1. The van der Waals surface area contributed by atoms with E-state index < -0.39 is 11.9 Å². The number of carbonyl (C=O) groups is 3. The van der Waals surface area contributed by atoms with Crippen molar-refractivity contribution in [3.63, 3.8) is 0 Å². The monoisotopic (exact) mass is 357 g/mol. The van der Waals surface area contributed by atoms with Gasteiger partial charge in [-0.3, -0.25) is 9.59 Å². The van der Waals surface area contributed by atoms with Gasteiger partial charge in [-0.1, -0.05) is 6.07 Å². The van der Waals surface area contributed by atoms with Crippen LogP contribution in [-0.4, -0.2) is 48.7 Å². The molecule has 1 aromatic rings. The van der Waals surface area contributed by atoms with Crippen LogP contribution in [0.3, 0.4) is 0 Å². The number of nitrogens with one attached hydrogen (secondary N) is 1. The molecular weight excluding hydrogens is 334 g/mol. The zero-order valence-electron chi connectivity index (χ0n) is 14.6. The number of aldehydes is 1. The molecule has 0 saturated carbocycles. The molecule has 0 bridgehead atoms. The van der Waals surface area contributed by atoms with Gasteiger partial charge in [-0.15, -0.1) is 0 Å². The molecule has 138 valence electrons. The van der Waals surface area contributed by atoms with Gasteiger partial charge in [0.2, 0.25) is 5.91 Å². The van der Waals surface area contributed by atoms with Crippen molar-refractivity contribution in [2.75, 3.05) is 19.7 Å². The van der Waals surface area contributed by atoms with E-state index in [-0.39, 0.29) is 24.2 Å². The van der Waals surface area contributed by atoms with Crippen molar-refractivity contribution < 1.29 is 19.1 Å².